The molecule has 0 aliphatic carbocycles. The molecule has 7 nitrogen and oxygen atoms in total. The first-order chi connectivity index (χ1) is 8.79. The van der Waals surface area contributed by atoms with Gasteiger partial charge in [0, 0.05) is 13.7 Å². The van der Waals surface area contributed by atoms with Gasteiger partial charge in [0.05, 0.1) is 26.4 Å². The zero-order valence-corrected chi connectivity index (χ0v) is 10.8. The molecule has 7 heteroatoms. The average molecular weight is 256 g/mol. The molecule has 18 heavy (non-hydrogen) atoms. The van der Waals surface area contributed by atoms with Crippen molar-refractivity contribution in [3.8, 4) is 5.88 Å². The Bertz CT molecular complexity index is 349. The molecule has 1 rings (SSSR count). The molecule has 0 bridgehead atoms. The van der Waals surface area contributed by atoms with Gasteiger partial charge in [0.1, 0.15) is 12.0 Å². The summed E-state index contributed by atoms with van der Waals surface area (Å²) in [6.45, 7) is 4.71. The third-order valence-corrected chi connectivity index (χ3v) is 2.10. The van der Waals surface area contributed by atoms with E-state index in [2.05, 4.69) is 15.3 Å². The molecule has 0 saturated carbocycles. The van der Waals surface area contributed by atoms with Gasteiger partial charge in [-0.05, 0) is 6.92 Å². The van der Waals surface area contributed by atoms with Crippen molar-refractivity contribution < 1.29 is 14.2 Å². The van der Waals surface area contributed by atoms with E-state index in [1.54, 1.807) is 7.11 Å². The van der Waals surface area contributed by atoms with Crippen LogP contribution in [0.4, 0.5) is 11.5 Å². The third kappa shape index (κ3) is 4.72. The van der Waals surface area contributed by atoms with Crippen molar-refractivity contribution in [2.75, 3.05) is 51.1 Å². The lowest BCUT2D eigenvalue weighted by atomic mass is 10.4. The van der Waals surface area contributed by atoms with Crippen LogP contribution in [0.1, 0.15) is 6.92 Å². The summed E-state index contributed by atoms with van der Waals surface area (Å²) in [4.78, 5) is 8.00. The number of anilines is 2. The normalized spacial score (nSPS) is 10.3. The van der Waals surface area contributed by atoms with Crippen LogP contribution >= 0.6 is 0 Å². The number of nitrogen functional groups attached to an aromatic ring is 1. The number of nitrogens with two attached hydrogens (primary N) is 1. The van der Waals surface area contributed by atoms with Crippen molar-refractivity contribution in [1.82, 2.24) is 9.97 Å². The molecule has 0 saturated heterocycles. The molecule has 1 aromatic heterocycles. The van der Waals surface area contributed by atoms with Gasteiger partial charge in [-0.3, -0.25) is 0 Å². The van der Waals surface area contributed by atoms with E-state index in [9.17, 15) is 0 Å². The fraction of sp³-hybridized carbons (Fsp3) is 0.636. The maximum absolute atomic E-state index is 5.86. The highest BCUT2D eigenvalue weighted by atomic mass is 16.5. The molecule has 0 radical (unpaired) electrons. The number of ether oxygens (including phenoxy) is 3. The van der Waals surface area contributed by atoms with Crippen molar-refractivity contribution in [1.29, 1.82) is 0 Å². The van der Waals surface area contributed by atoms with E-state index >= 15 is 0 Å². The van der Waals surface area contributed by atoms with E-state index in [-0.39, 0.29) is 0 Å². The summed E-state index contributed by atoms with van der Waals surface area (Å²) in [7, 11) is 1.64. The van der Waals surface area contributed by atoms with Crippen LogP contribution in [0.5, 0.6) is 5.88 Å². The summed E-state index contributed by atoms with van der Waals surface area (Å²) >= 11 is 0. The molecule has 1 heterocycles. The maximum Gasteiger partial charge on any atom is 0.242 e. The first kappa shape index (κ1) is 14.5. The van der Waals surface area contributed by atoms with Gasteiger partial charge in [-0.25, -0.2) is 4.98 Å². The molecule has 1 aromatic rings. The second-order valence-corrected chi connectivity index (χ2v) is 3.41. The standard InChI is InChI=1S/C11H20N4O3/c1-3-18-11-9(12)10(14-8-15-11)13-4-5-17-7-6-16-2/h8H,3-7,12H2,1-2H3,(H,13,14,15). The van der Waals surface area contributed by atoms with Gasteiger partial charge < -0.3 is 25.3 Å². The minimum absolute atomic E-state index is 0.398. The maximum atomic E-state index is 5.86. The molecule has 102 valence electrons. The van der Waals surface area contributed by atoms with Crippen molar-refractivity contribution in [3.63, 3.8) is 0 Å². The highest BCUT2D eigenvalue weighted by Gasteiger charge is 2.07. The molecule has 0 amide bonds. The average Bonchev–Trinajstić information content (AvgIpc) is 2.38. The highest BCUT2D eigenvalue weighted by Crippen LogP contribution is 2.23. The Hall–Kier alpha value is -1.60. The molecular formula is C11H20N4O3. The van der Waals surface area contributed by atoms with Crippen molar-refractivity contribution in [2.45, 2.75) is 6.92 Å². The lowest BCUT2D eigenvalue weighted by Gasteiger charge is -2.11. The molecule has 0 atom stereocenters. The minimum Gasteiger partial charge on any atom is -0.476 e. The Labute approximate surface area is 107 Å². The van der Waals surface area contributed by atoms with E-state index in [1.807, 2.05) is 6.92 Å². The molecule has 0 aromatic carbocycles. The molecule has 0 unspecified atom stereocenters. The zero-order valence-electron chi connectivity index (χ0n) is 10.8. The zero-order chi connectivity index (χ0) is 13.2. The predicted molar refractivity (Wildman–Crippen MR) is 68.8 cm³/mol. The Morgan fingerprint density at radius 2 is 2.11 bits per heavy atom. The van der Waals surface area contributed by atoms with Gasteiger partial charge in [0.15, 0.2) is 5.82 Å². The Balaban J connectivity index is 2.35. The second kappa shape index (κ2) is 8.48. The number of nitrogens with one attached hydrogen (secondary N) is 1. The van der Waals surface area contributed by atoms with Gasteiger partial charge in [0.25, 0.3) is 0 Å². The molecule has 0 aliphatic rings. The van der Waals surface area contributed by atoms with Gasteiger partial charge in [0.2, 0.25) is 5.88 Å². The summed E-state index contributed by atoms with van der Waals surface area (Å²) in [5.74, 6) is 0.957. The number of rotatable bonds is 9. The fourth-order valence-electron chi connectivity index (χ4n) is 1.26. The summed E-state index contributed by atoms with van der Waals surface area (Å²) in [6.07, 6.45) is 1.41. The van der Waals surface area contributed by atoms with Crippen LogP contribution in [0, 0.1) is 0 Å². The van der Waals surface area contributed by atoms with Crippen LogP contribution in [0.3, 0.4) is 0 Å². The van der Waals surface area contributed by atoms with E-state index < -0.39 is 0 Å². The van der Waals surface area contributed by atoms with Gasteiger partial charge >= 0.3 is 0 Å². The molecule has 0 aliphatic heterocycles. The van der Waals surface area contributed by atoms with Crippen LogP contribution in [0.15, 0.2) is 6.33 Å². The largest absolute Gasteiger partial charge is 0.476 e. The summed E-state index contributed by atoms with van der Waals surface area (Å²) in [6, 6.07) is 0. The number of hydrogen-bond acceptors (Lipinski definition) is 7. The summed E-state index contributed by atoms with van der Waals surface area (Å²) in [5, 5.41) is 3.07. The van der Waals surface area contributed by atoms with Crippen LogP contribution in [-0.2, 0) is 9.47 Å². The SMILES string of the molecule is CCOc1ncnc(NCCOCCOC)c1N. The van der Waals surface area contributed by atoms with Crippen molar-refractivity contribution in [3.05, 3.63) is 6.33 Å². The number of nitrogens with zero attached hydrogens (tertiary/aromatic N) is 2. The third-order valence-electron chi connectivity index (χ3n) is 2.10. The van der Waals surface area contributed by atoms with E-state index in [0.717, 1.165) is 0 Å². The van der Waals surface area contributed by atoms with E-state index in [4.69, 9.17) is 19.9 Å². The topological polar surface area (TPSA) is 91.5 Å². The fourth-order valence-corrected chi connectivity index (χ4v) is 1.26. The Kier molecular flexibility index (Phi) is 6.82. The summed E-state index contributed by atoms with van der Waals surface area (Å²) in [5.41, 5.74) is 6.27. The Morgan fingerprint density at radius 3 is 2.83 bits per heavy atom. The van der Waals surface area contributed by atoms with Crippen molar-refractivity contribution >= 4 is 11.5 Å². The quantitative estimate of drug-likeness (QED) is 0.623. The minimum atomic E-state index is 0.398. The molecular weight excluding hydrogens is 236 g/mol. The monoisotopic (exact) mass is 256 g/mol. The Morgan fingerprint density at radius 1 is 1.28 bits per heavy atom. The lowest BCUT2D eigenvalue weighted by Crippen LogP contribution is -2.14. The number of hydrogen-bond donors (Lipinski definition) is 2. The first-order valence-corrected chi connectivity index (χ1v) is 5.83. The first-order valence-electron chi connectivity index (χ1n) is 5.83. The van der Waals surface area contributed by atoms with Crippen LogP contribution in [-0.4, -0.2) is 50.1 Å². The van der Waals surface area contributed by atoms with Crippen LogP contribution in [0.25, 0.3) is 0 Å². The van der Waals surface area contributed by atoms with Gasteiger partial charge in [-0.2, -0.15) is 4.98 Å². The highest BCUT2D eigenvalue weighted by molar-refractivity contribution is 5.66. The molecule has 0 spiro atoms. The molecule has 3 N–H and O–H groups in total. The van der Waals surface area contributed by atoms with E-state index in [0.29, 0.717) is 50.4 Å². The number of methoxy groups -OCH3 is 1. The van der Waals surface area contributed by atoms with Crippen molar-refractivity contribution in [2.24, 2.45) is 0 Å². The predicted octanol–water partition coefficient (Wildman–Crippen LogP) is 0.532. The lowest BCUT2D eigenvalue weighted by molar-refractivity contribution is 0.0759. The molecule has 0 fully saturated rings. The van der Waals surface area contributed by atoms with Crippen LogP contribution < -0.4 is 15.8 Å². The van der Waals surface area contributed by atoms with Gasteiger partial charge in [-0.15, -0.1) is 0 Å². The smallest absolute Gasteiger partial charge is 0.242 e. The summed E-state index contributed by atoms with van der Waals surface area (Å²) < 4.78 is 15.4. The second-order valence-electron chi connectivity index (χ2n) is 3.41. The van der Waals surface area contributed by atoms with Gasteiger partial charge in [-0.1, -0.05) is 0 Å². The number of aromatic nitrogens is 2. The van der Waals surface area contributed by atoms with Crippen LogP contribution in [0.2, 0.25) is 0 Å². The van der Waals surface area contributed by atoms with E-state index in [1.165, 1.54) is 6.33 Å².